The summed E-state index contributed by atoms with van der Waals surface area (Å²) in [4.78, 5) is 41.9. The van der Waals surface area contributed by atoms with Crippen LogP contribution in [0, 0.1) is 0 Å². The first-order valence-corrected chi connectivity index (χ1v) is 14.3. The number of aromatic nitrogens is 2. The number of thiocarbonyl (C=S) groups is 1. The molecule has 194 valence electrons. The summed E-state index contributed by atoms with van der Waals surface area (Å²) in [5.41, 5.74) is 2.00. The normalized spacial score (nSPS) is 18.7. The maximum atomic E-state index is 12.2. The van der Waals surface area contributed by atoms with E-state index >= 15 is 0 Å². The highest BCUT2D eigenvalue weighted by Crippen LogP contribution is 2.29. The summed E-state index contributed by atoms with van der Waals surface area (Å²) in [7, 11) is 0. The zero-order valence-corrected chi connectivity index (χ0v) is 22.8. The number of ether oxygens (including phenoxy) is 1. The van der Waals surface area contributed by atoms with Gasteiger partial charge in [0.25, 0.3) is 0 Å². The van der Waals surface area contributed by atoms with E-state index < -0.39 is 0 Å². The molecule has 0 unspecified atom stereocenters. The van der Waals surface area contributed by atoms with Crippen LogP contribution in [0.3, 0.4) is 0 Å². The van der Waals surface area contributed by atoms with Crippen LogP contribution in [-0.4, -0.2) is 69.1 Å². The summed E-state index contributed by atoms with van der Waals surface area (Å²) in [6.45, 7) is 3.35. The number of aliphatic imine (C=N–C) groups is 1. The van der Waals surface area contributed by atoms with Gasteiger partial charge in [-0.25, -0.2) is 24.8 Å². The fraction of sp³-hybridized carbons (Fsp3) is 0.231. The van der Waals surface area contributed by atoms with E-state index in [1.807, 2.05) is 36.4 Å². The summed E-state index contributed by atoms with van der Waals surface area (Å²) in [6.07, 6.45) is 3.33. The van der Waals surface area contributed by atoms with Gasteiger partial charge in [0.15, 0.2) is 5.17 Å². The third kappa shape index (κ3) is 6.21. The maximum absolute atomic E-state index is 12.2. The molecule has 12 heteroatoms. The number of amides is 2. The topological polar surface area (TPSA) is 91.2 Å². The first-order valence-electron chi connectivity index (χ1n) is 11.9. The van der Waals surface area contributed by atoms with Crippen LogP contribution in [0.5, 0.6) is 0 Å². The number of thioether (sulfide) groups is 2. The second-order valence-corrected chi connectivity index (χ2v) is 10.7. The molecule has 0 atom stereocenters. The lowest BCUT2D eigenvalue weighted by Crippen LogP contribution is -2.36. The molecule has 2 amide bonds. The van der Waals surface area contributed by atoms with Crippen molar-refractivity contribution in [3.63, 3.8) is 0 Å². The summed E-state index contributed by atoms with van der Waals surface area (Å²) in [6, 6.07) is 19.0. The van der Waals surface area contributed by atoms with E-state index in [1.165, 1.54) is 34.1 Å². The van der Waals surface area contributed by atoms with E-state index in [2.05, 4.69) is 32.0 Å². The molecule has 0 spiro atoms. The average molecular weight is 565 g/mol. The Balaban J connectivity index is 0.000000190. The van der Waals surface area contributed by atoms with Gasteiger partial charge in [-0.3, -0.25) is 9.59 Å². The van der Waals surface area contributed by atoms with Crippen molar-refractivity contribution in [1.29, 1.82) is 0 Å². The number of rotatable bonds is 4. The minimum absolute atomic E-state index is 0.00684. The van der Waals surface area contributed by atoms with Gasteiger partial charge in [-0.05, 0) is 48.5 Å². The van der Waals surface area contributed by atoms with Crippen molar-refractivity contribution in [3.05, 3.63) is 73.1 Å². The van der Waals surface area contributed by atoms with Gasteiger partial charge >= 0.3 is 0 Å². The Bertz CT molecular complexity index is 1300. The molecule has 3 aromatic rings. The highest BCUT2D eigenvalue weighted by atomic mass is 32.2. The molecular weight excluding hydrogens is 541 g/mol. The first kappa shape index (κ1) is 26.3. The van der Waals surface area contributed by atoms with Gasteiger partial charge in [0.2, 0.25) is 11.8 Å². The minimum Gasteiger partial charge on any atom is -0.378 e. The van der Waals surface area contributed by atoms with Crippen molar-refractivity contribution in [2.24, 2.45) is 4.99 Å². The van der Waals surface area contributed by atoms with Crippen molar-refractivity contribution in [1.82, 2.24) is 9.97 Å². The molecule has 38 heavy (non-hydrogen) atoms. The lowest BCUT2D eigenvalue weighted by atomic mass is 10.2. The van der Waals surface area contributed by atoms with Crippen molar-refractivity contribution in [2.75, 3.05) is 52.5 Å². The number of amidine groups is 1. The van der Waals surface area contributed by atoms with Gasteiger partial charge in [0.1, 0.15) is 16.0 Å². The third-order valence-electron chi connectivity index (χ3n) is 5.72. The molecule has 6 rings (SSSR count). The van der Waals surface area contributed by atoms with Crippen LogP contribution in [0.25, 0.3) is 0 Å². The zero-order chi connectivity index (χ0) is 26.3. The highest BCUT2D eigenvalue weighted by Gasteiger charge is 2.30. The van der Waals surface area contributed by atoms with Gasteiger partial charge < -0.3 is 9.64 Å². The van der Waals surface area contributed by atoms with Crippen LogP contribution in [0.2, 0.25) is 0 Å². The SMILES string of the molecule is O=C1CSC(=Nc2ccc(N3CCOCC3)cc2)N1c1ccccn1.O=C1CSC(=S)N1c1ccccn1. The second kappa shape index (κ2) is 12.5. The third-order valence-corrected chi connectivity index (χ3v) is 8.00. The number of morpholine rings is 1. The number of hydrogen-bond acceptors (Lipinski definition) is 10. The predicted octanol–water partition coefficient (Wildman–Crippen LogP) is 4.13. The monoisotopic (exact) mass is 564 g/mol. The number of pyridine rings is 2. The van der Waals surface area contributed by atoms with Crippen molar-refractivity contribution in [3.8, 4) is 0 Å². The van der Waals surface area contributed by atoms with Crippen molar-refractivity contribution >= 4 is 80.1 Å². The van der Waals surface area contributed by atoms with Crippen molar-refractivity contribution < 1.29 is 14.3 Å². The van der Waals surface area contributed by atoms with Gasteiger partial charge in [0, 0.05) is 31.2 Å². The molecule has 3 fully saturated rings. The van der Waals surface area contributed by atoms with Crippen LogP contribution < -0.4 is 14.7 Å². The molecule has 3 saturated heterocycles. The largest absolute Gasteiger partial charge is 0.378 e. The van der Waals surface area contributed by atoms with Crippen LogP contribution in [0.4, 0.5) is 23.0 Å². The Hall–Kier alpha value is -3.32. The Morgan fingerprint density at radius 3 is 1.97 bits per heavy atom. The summed E-state index contributed by atoms with van der Waals surface area (Å²) < 4.78 is 5.97. The van der Waals surface area contributed by atoms with E-state index in [0.29, 0.717) is 32.6 Å². The number of carbonyl (C=O) groups excluding carboxylic acids is 2. The summed E-state index contributed by atoms with van der Waals surface area (Å²) >= 11 is 7.84. The first-order chi connectivity index (χ1) is 18.6. The Morgan fingerprint density at radius 1 is 0.789 bits per heavy atom. The Kier molecular flexibility index (Phi) is 8.64. The lowest BCUT2D eigenvalue weighted by Gasteiger charge is -2.28. The lowest BCUT2D eigenvalue weighted by molar-refractivity contribution is -0.115. The fourth-order valence-corrected chi connectivity index (χ4v) is 5.84. The van der Waals surface area contributed by atoms with E-state index in [1.54, 1.807) is 29.4 Å². The minimum atomic E-state index is 0.00684. The van der Waals surface area contributed by atoms with Gasteiger partial charge in [-0.2, -0.15) is 0 Å². The second-order valence-electron chi connectivity index (χ2n) is 8.19. The van der Waals surface area contributed by atoms with Crippen LogP contribution in [0.15, 0.2) is 78.0 Å². The molecule has 1 aromatic carbocycles. The van der Waals surface area contributed by atoms with E-state index in [0.717, 1.165) is 32.0 Å². The fourth-order valence-electron chi connectivity index (χ4n) is 3.89. The molecule has 0 aliphatic carbocycles. The molecule has 0 N–H and O–H groups in total. The Labute approximate surface area is 234 Å². The predicted molar refractivity (Wildman–Crippen MR) is 158 cm³/mol. The molecule has 2 aromatic heterocycles. The molecular formula is C26H24N6O3S3. The van der Waals surface area contributed by atoms with Gasteiger partial charge in [-0.15, -0.1) is 0 Å². The molecule has 3 aliphatic rings. The summed E-state index contributed by atoms with van der Waals surface area (Å²) in [5.74, 6) is 2.06. The van der Waals surface area contributed by atoms with E-state index in [9.17, 15) is 9.59 Å². The quantitative estimate of drug-likeness (QED) is 0.434. The standard InChI is InChI=1S/C18H18N4O2S.C8H6N2OS2/c23-17-13-25-18(22(17)16-3-1-2-8-19-16)20-14-4-6-15(7-5-14)21-9-11-24-12-10-21;11-7-5-13-8(12)10(7)6-3-1-2-4-9-6/h1-8H,9-13H2;1-4H,5H2. The van der Waals surface area contributed by atoms with Crippen LogP contribution in [0.1, 0.15) is 0 Å². The van der Waals surface area contributed by atoms with Crippen molar-refractivity contribution in [2.45, 2.75) is 0 Å². The molecule has 0 saturated carbocycles. The number of nitrogens with zero attached hydrogens (tertiary/aromatic N) is 6. The van der Waals surface area contributed by atoms with Crippen LogP contribution in [-0.2, 0) is 14.3 Å². The van der Waals surface area contributed by atoms with Gasteiger partial charge in [-0.1, -0.05) is 47.9 Å². The molecule has 3 aliphatic heterocycles. The molecule has 0 radical (unpaired) electrons. The van der Waals surface area contributed by atoms with E-state index in [4.69, 9.17) is 17.0 Å². The number of carbonyl (C=O) groups is 2. The van der Waals surface area contributed by atoms with Crippen LogP contribution >= 0.6 is 35.7 Å². The van der Waals surface area contributed by atoms with E-state index in [-0.39, 0.29) is 11.8 Å². The smallest absolute Gasteiger partial charge is 0.244 e. The molecule has 0 bridgehead atoms. The molecule has 9 nitrogen and oxygen atoms in total. The van der Waals surface area contributed by atoms with Gasteiger partial charge in [0.05, 0.1) is 30.4 Å². The maximum Gasteiger partial charge on any atom is 0.244 e. The molecule has 5 heterocycles. The Morgan fingerprint density at radius 2 is 1.39 bits per heavy atom. The number of anilines is 3. The highest BCUT2D eigenvalue weighted by molar-refractivity contribution is 8.24. The average Bonchev–Trinajstić information content (AvgIpc) is 3.51. The number of hydrogen-bond donors (Lipinski definition) is 0. The summed E-state index contributed by atoms with van der Waals surface area (Å²) in [5, 5.41) is 0.669. The number of benzene rings is 1. The zero-order valence-electron chi connectivity index (χ0n) is 20.3.